The van der Waals surface area contributed by atoms with Gasteiger partial charge in [0.05, 0.1) is 6.04 Å². The van der Waals surface area contributed by atoms with Gasteiger partial charge in [0.15, 0.2) is 0 Å². The van der Waals surface area contributed by atoms with Gasteiger partial charge in [0.25, 0.3) is 0 Å². The van der Waals surface area contributed by atoms with Gasteiger partial charge in [0.2, 0.25) is 5.91 Å². The Bertz CT molecular complexity index is 239. The van der Waals surface area contributed by atoms with E-state index in [9.17, 15) is 4.79 Å². The molecule has 1 atom stereocenters. The molecule has 1 unspecified atom stereocenters. The van der Waals surface area contributed by atoms with Crippen LogP contribution in [0.1, 0.15) is 19.8 Å². The van der Waals surface area contributed by atoms with Crippen LogP contribution in [-0.4, -0.2) is 68.1 Å². The number of primary amides is 1. The lowest BCUT2D eigenvalue weighted by atomic mass is 10.0. The van der Waals surface area contributed by atoms with E-state index in [0.717, 1.165) is 19.6 Å². The van der Waals surface area contributed by atoms with Crippen LogP contribution in [0.15, 0.2) is 0 Å². The molecule has 0 aliphatic carbocycles. The molecular formula is C12H26N4O. The molecule has 17 heavy (non-hydrogen) atoms. The first-order chi connectivity index (χ1) is 8.04. The highest BCUT2D eigenvalue weighted by molar-refractivity contribution is 5.80. The molecular weight excluding hydrogens is 216 g/mol. The first kappa shape index (κ1) is 14.4. The van der Waals surface area contributed by atoms with E-state index < -0.39 is 0 Å². The third-order valence-electron chi connectivity index (χ3n) is 3.58. The topological polar surface area (TPSA) is 61.6 Å². The predicted octanol–water partition coefficient (Wildman–Crippen LogP) is -0.524. The van der Waals surface area contributed by atoms with Crippen molar-refractivity contribution in [3.05, 3.63) is 0 Å². The molecule has 0 saturated carbocycles. The van der Waals surface area contributed by atoms with Gasteiger partial charge in [0.1, 0.15) is 0 Å². The first-order valence-electron chi connectivity index (χ1n) is 6.46. The number of hydrogen-bond acceptors (Lipinski definition) is 4. The number of piperidine rings is 1. The summed E-state index contributed by atoms with van der Waals surface area (Å²) in [6, 6.07) is 0.344. The molecule has 0 spiro atoms. The fourth-order valence-electron chi connectivity index (χ4n) is 2.37. The van der Waals surface area contributed by atoms with E-state index in [2.05, 4.69) is 29.2 Å². The average molecular weight is 242 g/mol. The van der Waals surface area contributed by atoms with Crippen LogP contribution < -0.4 is 11.1 Å². The van der Waals surface area contributed by atoms with Crippen molar-refractivity contribution in [3.63, 3.8) is 0 Å². The highest BCUT2D eigenvalue weighted by atomic mass is 16.1. The molecule has 1 fully saturated rings. The zero-order valence-electron chi connectivity index (χ0n) is 11.3. The van der Waals surface area contributed by atoms with Crippen LogP contribution in [0.25, 0.3) is 0 Å². The van der Waals surface area contributed by atoms with Gasteiger partial charge in [0, 0.05) is 12.6 Å². The summed E-state index contributed by atoms with van der Waals surface area (Å²) in [5, 5.41) is 3.13. The van der Waals surface area contributed by atoms with Gasteiger partial charge in [-0.05, 0) is 46.6 Å². The number of carbonyl (C=O) groups is 1. The summed E-state index contributed by atoms with van der Waals surface area (Å²) in [6.07, 6.45) is 2.34. The van der Waals surface area contributed by atoms with Crippen LogP contribution in [0.2, 0.25) is 0 Å². The summed E-state index contributed by atoms with van der Waals surface area (Å²) in [5.41, 5.74) is 5.39. The quantitative estimate of drug-likeness (QED) is 0.658. The number of hydrogen-bond donors (Lipinski definition) is 2. The van der Waals surface area contributed by atoms with Crippen molar-refractivity contribution in [3.8, 4) is 0 Å². The van der Waals surface area contributed by atoms with E-state index in [1.165, 1.54) is 12.8 Å². The molecule has 1 heterocycles. The van der Waals surface area contributed by atoms with Crippen LogP contribution in [0.4, 0.5) is 0 Å². The zero-order valence-corrected chi connectivity index (χ0v) is 11.3. The van der Waals surface area contributed by atoms with Crippen molar-refractivity contribution in [1.82, 2.24) is 15.1 Å². The van der Waals surface area contributed by atoms with Crippen LogP contribution in [0, 0.1) is 0 Å². The zero-order chi connectivity index (χ0) is 12.8. The largest absolute Gasteiger partial charge is 0.368 e. The normalized spacial score (nSPS) is 20.7. The molecule has 0 radical (unpaired) electrons. The number of likely N-dealkylation sites (N-methyl/N-ethyl adjacent to an activating group) is 2. The third kappa shape index (κ3) is 4.61. The van der Waals surface area contributed by atoms with Crippen LogP contribution in [-0.2, 0) is 4.79 Å². The van der Waals surface area contributed by atoms with E-state index in [-0.39, 0.29) is 11.9 Å². The summed E-state index contributed by atoms with van der Waals surface area (Å²) >= 11 is 0. The number of nitrogens with one attached hydrogen (secondary N) is 1. The van der Waals surface area contributed by atoms with E-state index in [1.54, 1.807) is 0 Å². The molecule has 1 aliphatic rings. The first-order valence-corrected chi connectivity index (χ1v) is 6.46. The molecule has 100 valence electrons. The van der Waals surface area contributed by atoms with Crippen molar-refractivity contribution in [2.24, 2.45) is 5.73 Å². The highest BCUT2D eigenvalue weighted by Crippen LogP contribution is 2.14. The summed E-state index contributed by atoms with van der Waals surface area (Å²) in [7, 11) is 4.24. The third-order valence-corrected chi connectivity index (χ3v) is 3.58. The second-order valence-electron chi connectivity index (χ2n) is 4.99. The van der Waals surface area contributed by atoms with Crippen molar-refractivity contribution in [2.45, 2.75) is 31.8 Å². The maximum absolute atomic E-state index is 11.3. The number of carbonyl (C=O) groups excluding carboxylic acids is 1. The van der Waals surface area contributed by atoms with Crippen molar-refractivity contribution >= 4 is 5.91 Å². The van der Waals surface area contributed by atoms with E-state index >= 15 is 0 Å². The summed E-state index contributed by atoms with van der Waals surface area (Å²) in [4.78, 5) is 15.9. The molecule has 5 nitrogen and oxygen atoms in total. The number of likely N-dealkylation sites (tertiary alicyclic amines) is 1. The highest BCUT2D eigenvalue weighted by Gasteiger charge is 2.24. The number of nitrogens with zero attached hydrogens (tertiary/aromatic N) is 2. The van der Waals surface area contributed by atoms with Crippen LogP contribution in [0.5, 0.6) is 0 Å². The molecule has 3 N–H and O–H groups in total. The van der Waals surface area contributed by atoms with Gasteiger partial charge in [-0.1, -0.05) is 6.92 Å². The average Bonchev–Trinajstić information content (AvgIpc) is 2.29. The Morgan fingerprint density at radius 2 is 2.12 bits per heavy atom. The number of rotatable bonds is 6. The fraction of sp³-hybridized carbons (Fsp3) is 0.917. The van der Waals surface area contributed by atoms with Crippen molar-refractivity contribution in [2.75, 3.05) is 40.3 Å². The minimum atomic E-state index is -0.258. The summed E-state index contributed by atoms with van der Waals surface area (Å²) < 4.78 is 0. The van der Waals surface area contributed by atoms with Crippen molar-refractivity contribution in [1.29, 1.82) is 0 Å². The number of amides is 1. The van der Waals surface area contributed by atoms with Gasteiger partial charge in [-0.2, -0.15) is 0 Å². The maximum Gasteiger partial charge on any atom is 0.235 e. The Morgan fingerprint density at radius 1 is 1.53 bits per heavy atom. The van der Waals surface area contributed by atoms with Gasteiger partial charge < -0.3 is 20.9 Å². The van der Waals surface area contributed by atoms with Gasteiger partial charge >= 0.3 is 0 Å². The fourth-order valence-corrected chi connectivity index (χ4v) is 2.37. The maximum atomic E-state index is 11.3. The Kier molecular flexibility index (Phi) is 5.88. The molecule has 1 amide bonds. The Hall–Kier alpha value is -0.650. The molecule has 0 aromatic rings. The molecule has 5 heteroatoms. The van der Waals surface area contributed by atoms with Gasteiger partial charge in [-0.25, -0.2) is 0 Å². The molecule has 1 rings (SSSR count). The lowest BCUT2D eigenvalue weighted by Crippen LogP contribution is -2.52. The van der Waals surface area contributed by atoms with Crippen LogP contribution >= 0.6 is 0 Å². The second-order valence-corrected chi connectivity index (χ2v) is 4.99. The van der Waals surface area contributed by atoms with Crippen LogP contribution in [0.3, 0.4) is 0 Å². The minimum Gasteiger partial charge on any atom is -0.368 e. The lowest BCUT2D eigenvalue weighted by molar-refractivity contribution is -0.120. The molecule has 0 aromatic heterocycles. The van der Waals surface area contributed by atoms with E-state index in [1.807, 2.05) is 6.92 Å². The monoisotopic (exact) mass is 242 g/mol. The standard InChI is InChI=1S/C12H26N4O/c1-4-14-11(12(13)17)9-16(3)10-5-7-15(2)8-6-10/h10-11,14H,4-9H2,1-3H3,(H2,13,17). The van der Waals surface area contributed by atoms with E-state index in [4.69, 9.17) is 5.73 Å². The second kappa shape index (κ2) is 6.93. The van der Waals surface area contributed by atoms with Crippen molar-refractivity contribution < 1.29 is 4.79 Å². The number of nitrogens with two attached hydrogens (primary N) is 1. The summed E-state index contributed by atoms with van der Waals surface area (Å²) in [6.45, 7) is 5.74. The minimum absolute atomic E-state index is 0.232. The lowest BCUT2D eigenvalue weighted by Gasteiger charge is -2.36. The Balaban J connectivity index is 2.40. The Labute approximate surface area is 104 Å². The SMILES string of the molecule is CCNC(CN(C)C1CCN(C)CC1)C(N)=O. The molecule has 1 aliphatic heterocycles. The molecule has 0 bridgehead atoms. The molecule has 1 saturated heterocycles. The van der Waals surface area contributed by atoms with Gasteiger partial charge in [-0.3, -0.25) is 4.79 Å². The Morgan fingerprint density at radius 3 is 2.59 bits per heavy atom. The predicted molar refractivity (Wildman–Crippen MR) is 69.8 cm³/mol. The van der Waals surface area contributed by atoms with Gasteiger partial charge in [-0.15, -0.1) is 0 Å². The van der Waals surface area contributed by atoms with E-state index in [0.29, 0.717) is 12.6 Å². The smallest absolute Gasteiger partial charge is 0.235 e. The molecule has 0 aromatic carbocycles. The summed E-state index contributed by atoms with van der Waals surface area (Å²) in [5.74, 6) is -0.258.